The Hall–Kier alpha value is -2.68. The van der Waals surface area contributed by atoms with Crippen LogP contribution in [-0.4, -0.2) is 108 Å². The molecule has 260 valence electrons. The molecule has 1 heterocycles. The largest absolute Gasteiger partial charge is 0.462 e. The fraction of sp³-hybridized carbons (Fsp3) is 0.875. The molecule has 2 unspecified atom stereocenters. The van der Waals surface area contributed by atoms with Gasteiger partial charge in [-0.2, -0.15) is 96.6 Å². The van der Waals surface area contributed by atoms with Crippen LogP contribution in [0.15, 0.2) is 0 Å². The highest BCUT2D eigenvalue weighted by Gasteiger charge is 2.81. The molecule has 0 aromatic carbocycles. The second-order valence-electron chi connectivity index (χ2n) is 8.15. The van der Waals surface area contributed by atoms with E-state index in [1.165, 1.54) is 0 Å². The first-order valence-corrected chi connectivity index (χ1v) is 10.1. The Bertz CT molecular complexity index is 988. The van der Waals surface area contributed by atoms with E-state index in [2.05, 4.69) is 0 Å². The maximum absolute atomic E-state index is 14.4. The van der Waals surface area contributed by atoms with Gasteiger partial charge in [0.05, 0.1) is 0 Å². The zero-order valence-electron chi connectivity index (χ0n) is 19.7. The predicted molar refractivity (Wildman–Crippen MR) is 87.0 cm³/mol. The lowest BCUT2D eigenvalue weighted by Gasteiger charge is -2.41. The molecular weight excluding hydrogens is 702 g/mol. The van der Waals surface area contributed by atoms with Crippen LogP contribution in [0.4, 0.5) is 96.6 Å². The number of amides is 2. The molecule has 0 N–H and O–H groups in total. The number of carbonyl (C=O) groups excluding carboxylic acids is 2. The standard InChI is InChI=1S/C16H8F22N2O4/c17-7(11(23,24)25,43-15(35,36)9(19,20)13(29,30)31)5(41)39-1-2-40(4-3-39)6(42)8(18,12(26,27)28)44-16(37,38)10(21,22)14(32,33)34/h1-4H2. The lowest BCUT2D eigenvalue weighted by atomic mass is 10.1. The van der Waals surface area contributed by atoms with Gasteiger partial charge in [-0.3, -0.25) is 19.1 Å². The van der Waals surface area contributed by atoms with Gasteiger partial charge in [0.1, 0.15) is 0 Å². The fourth-order valence-electron chi connectivity index (χ4n) is 2.78. The molecule has 0 saturated carbocycles. The van der Waals surface area contributed by atoms with Gasteiger partial charge in [0.15, 0.2) is 0 Å². The zero-order chi connectivity index (χ0) is 35.6. The maximum atomic E-state index is 14.4. The van der Waals surface area contributed by atoms with E-state index in [0.717, 1.165) is 0 Å². The van der Waals surface area contributed by atoms with Gasteiger partial charge in [-0.1, -0.05) is 0 Å². The number of alkyl halides is 22. The summed E-state index contributed by atoms with van der Waals surface area (Å²) in [6, 6.07) is 0. The molecule has 0 aromatic heterocycles. The average Bonchev–Trinajstić information content (AvgIpc) is 2.79. The minimum absolute atomic E-state index is 0.875. The van der Waals surface area contributed by atoms with E-state index in [9.17, 15) is 106 Å². The van der Waals surface area contributed by atoms with E-state index >= 15 is 0 Å². The van der Waals surface area contributed by atoms with Gasteiger partial charge < -0.3 is 9.80 Å². The Balaban J connectivity index is 3.35. The van der Waals surface area contributed by atoms with E-state index < -0.39 is 108 Å². The topological polar surface area (TPSA) is 59.1 Å². The highest BCUT2D eigenvalue weighted by Crippen LogP contribution is 2.53. The van der Waals surface area contributed by atoms with Crippen LogP contribution in [0.2, 0.25) is 0 Å². The van der Waals surface area contributed by atoms with Crippen molar-refractivity contribution in [2.75, 3.05) is 26.2 Å². The van der Waals surface area contributed by atoms with Crippen molar-refractivity contribution >= 4 is 11.8 Å². The van der Waals surface area contributed by atoms with Crippen molar-refractivity contribution in [1.29, 1.82) is 0 Å². The van der Waals surface area contributed by atoms with Gasteiger partial charge in [0, 0.05) is 26.2 Å². The second-order valence-corrected chi connectivity index (χ2v) is 8.15. The number of hydrogen-bond donors (Lipinski definition) is 0. The molecule has 0 aromatic rings. The Morgan fingerprint density at radius 3 is 0.750 bits per heavy atom. The van der Waals surface area contributed by atoms with Crippen molar-refractivity contribution in [2.45, 2.75) is 60.5 Å². The molecule has 0 spiro atoms. The van der Waals surface area contributed by atoms with Gasteiger partial charge in [-0.15, -0.1) is 0 Å². The highest BCUT2D eigenvalue weighted by molar-refractivity contribution is 5.86. The van der Waals surface area contributed by atoms with Gasteiger partial charge in [-0.05, 0) is 0 Å². The lowest BCUT2D eigenvalue weighted by Crippen LogP contribution is -2.67. The highest BCUT2D eigenvalue weighted by atomic mass is 19.4. The molecule has 28 heteroatoms. The van der Waals surface area contributed by atoms with Crippen LogP contribution in [0.25, 0.3) is 0 Å². The molecule has 6 nitrogen and oxygen atoms in total. The van der Waals surface area contributed by atoms with Crippen LogP contribution in [0.5, 0.6) is 0 Å². The summed E-state index contributed by atoms with van der Waals surface area (Å²) in [6.45, 7) is -7.94. The smallest absolute Gasteiger partial charge is 0.334 e. The lowest BCUT2D eigenvalue weighted by molar-refractivity contribution is -0.474. The molecule has 1 fully saturated rings. The summed E-state index contributed by atoms with van der Waals surface area (Å²) in [5, 5.41) is 0. The van der Waals surface area contributed by atoms with Crippen molar-refractivity contribution < 1.29 is 116 Å². The van der Waals surface area contributed by atoms with E-state index in [1.54, 1.807) is 0 Å². The summed E-state index contributed by atoms with van der Waals surface area (Å²) >= 11 is 0. The van der Waals surface area contributed by atoms with Gasteiger partial charge in [-0.25, -0.2) is 0 Å². The summed E-state index contributed by atoms with van der Waals surface area (Å²) in [4.78, 5) is 22.1. The number of carbonyl (C=O) groups is 2. The van der Waals surface area contributed by atoms with Crippen LogP contribution in [0, 0.1) is 0 Å². The molecule has 0 aliphatic carbocycles. The number of halogens is 22. The monoisotopic (exact) mass is 710 g/mol. The normalized spacial score (nSPS) is 19.9. The molecule has 1 saturated heterocycles. The molecule has 1 rings (SSSR count). The number of rotatable bonds is 8. The van der Waals surface area contributed by atoms with Crippen molar-refractivity contribution in [2.24, 2.45) is 0 Å². The van der Waals surface area contributed by atoms with Crippen molar-refractivity contribution in [1.82, 2.24) is 9.80 Å². The van der Waals surface area contributed by atoms with Crippen LogP contribution in [0.3, 0.4) is 0 Å². The Morgan fingerprint density at radius 1 is 0.386 bits per heavy atom. The first kappa shape index (κ1) is 39.3. The van der Waals surface area contributed by atoms with Gasteiger partial charge in [0.25, 0.3) is 11.8 Å². The van der Waals surface area contributed by atoms with Crippen molar-refractivity contribution in [3.63, 3.8) is 0 Å². The Kier molecular flexibility index (Phi) is 9.83. The number of ether oxygens (including phenoxy) is 2. The Morgan fingerprint density at radius 2 is 0.591 bits per heavy atom. The summed E-state index contributed by atoms with van der Waals surface area (Å²) in [6.07, 6.45) is -44.4. The van der Waals surface area contributed by atoms with Crippen molar-refractivity contribution in [3.8, 4) is 0 Å². The average molecular weight is 710 g/mol. The molecule has 1 aliphatic rings. The molecule has 44 heavy (non-hydrogen) atoms. The summed E-state index contributed by atoms with van der Waals surface area (Å²) in [5.41, 5.74) is 0. The van der Waals surface area contributed by atoms with Crippen LogP contribution >= 0.6 is 0 Å². The second kappa shape index (κ2) is 11.0. The number of hydrogen-bond acceptors (Lipinski definition) is 4. The molecule has 2 amide bonds. The first-order valence-electron chi connectivity index (χ1n) is 10.1. The quantitative estimate of drug-likeness (QED) is 0.303. The number of nitrogens with zero attached hydrogens (tertiary/aromatic N) is 2. The van der Waals surface area contributed by atoms with Crippen LogP contribution in [0.1, 0.15) is 0 Å². The van der Waals surface area contributed by atoms with Gasteiger partial charge >= 0.3 is 60.5 Å². The first-order chi connectivity index (χ1) is 18.9. The summed E-state index contributed by atoms with van der Waals surface area (Å²) < 4.78 is 289. The van der Waals surface area contributed by atoms with Crippen LogP contribution < -0.4 is 0 Å². The minimum Gasteiger partial charge on any atom is -0.334 e. The number of piperazine rings is 1. The Labute approximate surface area is 225 Å². The van der Waals surface area contributed by atoms with E-state index in [1.807, 2.05) is 9.47 Å². The maximum Gasteiger partial charge on any atom is 0.462 e. The zero-order valence-corrected chi connectivity index (χ0v) is 19.7. The third kappa shape index (κ3) is 6.63. The molecule has 0 radical (unpaired) electrons. The van der Waals surface area contributed by atoms with E-state index in [4.69, 9.17) is 0 Å². The van der Waals surface area contributed by atoms with E-state index in [-0.39, 0.29) is 0 Å². The van der Waals surface area contributed by atoms with Crippen LogP contribution in [-0.2, 0) is 19.1 Å². The SMILES string of the molecule is O=C(N1CCN(C(=O)C(F)(OC(F)(F)C(F)(F)C(F)(F)F)C(F)(F)F)CC1)C(F)(OC(F)(F)C(F)(F)C(F)(F)F)C(F)(F)F. The molecular formula is C16H8F22N2O4. The predicted octanol–water partition coefficient (Wildman–Crippen LogP) is 5.73. The van der Waals surface area contributed by atoms with Crippen molar-refractivity contribution in [3.05, 3.63) is 0 Å². The summed E-state index contributed by atoms with van der Waals surface area (Å²) in [5.74, 6) is -36.2. The third-order valence-electron chi connectivity index (χ3n) is 5.11. The molecule has 0 bridgehead atoms. The third-order valence-corrected chi connectivity index (χ3v) is 5.11. The molecule has 1 aliphatic heterocycles. The van der Waals surface area contributed by atoms with E-state index in [0.29, 0.717) is 0 Å². The minimum atomic E-state index is -7.62. The van der Waals surface area contributed by atoms with Gasteiger partial charge in [0.2, 0.25) is 0 Å². The summed E-state index contributed by atoms with van der Waals surface area (Å²) in [7, 11) is 0. The fourth-order valence-corrected chi connectivity index (χ4v) is 2.78. The molecule has 2 atom stereocenters.